The minimum Gasteiger partial charge on any atom is -0.497 e. The number of aromatic nitrogens is 2. The number of hydrogen-bond donors (Lipinski definition) is 1. The average Bonchev–Trinajstić information content (AvgIpc) is 2.57. The summed E-state index contributed by atoms with van der Waals surface area (Å²) in [5.74, 6) is 0.755. The van der Waals surface area contributed by atoms with Gasteiger partial charge in [-0.3, -0.25) is 4.79 Å². The fourth-order valence-corrected chi connectivity index (χ4v) is 2.87. The van der Waals surface area contributed by atoms with E-state index in [2.05, 4.69) is 5.10 Å². The largest absolute Gasteiger partial charge is 0.497 e. The van der Waals surface area contributed by atoms with Crippen LogP contribution in [-0.2, 0) is 6.54 Å². The third kappa shape index (κ3) is 3.13. The van der Waals surface area contributed by atoms with Gasteiger partial charge in [0.25, 0.3) is 5.56 Å². The fraction of sp³-hybridized carbons (Fsp3) is 0.222. The highest BCUT2D eigenvalue weighted by Gasteiger charge is 2.13. The van der Waals surface area contributed by atoms with E-state index in [1.807, 2.05) is 24.3 Å². The first-order valence-electron chi connectivity index (χ1n) is 7.50. The summed E-state index contributed by atoms with van der Waals surface area (Å²) in [7, 11) is 1.61. The van der Waals surface area contributed by atoms with Crippen LogP contribution in [0.5, 0.6) is 5.75 Å². The number of fused-ring (bicyclic) bond motifs is 1. The number of benzene rings is 2. The quantitative estimate of drug-likeness (QED) is 0.789. The van der Waals surface area contributed by atoms with Crippen molar-refractivity contribution in [3.8, 4) is 5.75 Å². The Morgan fingerprint density at radius 1 is 1.25 bits per heavy atom. The summed E-state index contributed by atoms with van der Waals surface area (Å²) in [4.78, 5) is 12.7. The predicted octanol–water partition coefficient (Wildman–Crippen LogP) is 3.16. The maximum absolute atomic E-state index is 12.7. The van der Waals surface area contributed by atoms with Gasteiger partial charge < -0.3 is 9.84 Å². The Morgan fingerprint density at radius 3 is 2.58 bits per heavy atom. The van der Waals surface area contributed by atoms with Crippen LogP contribution in [0, 0.1) is 0 Å². The highest BCUT2D eigenvalue weighted by atomic mass is 35.5. The lowest BCUT2D eigenvalue weighted by molar-refractivity contribution is 0.201. The van der Waals surface area contributed by atoms with Gasteiger partial charge in [-0.1, -0.05) is 23.7 Å². The van der Waals surface area contributed by atoms with Crippen molar-refractivity contribution in [1.82, 2.24) is 9.78 Å². The fourth-order valence-electron chi connectivity index (χ4n) is 2.64. The molecule has 24 heavy (non-hydrogen) atoms. The zero-order valence-electron chi connectivity index (χ0n) is 13.4. The number of methoxy groups -OCH3 is 1. The van der Waals surface area contributed by atoms with Gasteiger partial charge in [0.2, 0.25) is 0 Å². The van der Waals surface area contributed by atoms with Gasteiger partial charge in [0.1, 0.15) is 5.75 Å². The average molecular weight is 345 g/mol. The highest BCUT2D eigenvalue weighted by Crippen LogP contribution is 2.26. The van der Waals surface area contributed by atoms with Crippen molar-refractivity contribution in [2.75, 3.05) is 7.11 Å². The van der Waals surface area contributed by atoms with Gasteiger partial charge >= 0.3 is 0 Å². The van der Waals surface area contributed by atoms with Gasteiger partial charge in [-0.25, -0.2) is 4.68 Å². The van der Waals surface area contributed by atoms with Crippen molar-refractivity contribution in [2.45, 2.75) is 19.6 Å². The summed E-state index contributed by atoms with van der Waals surface area (Å²) >= 11 is 6.09. The van der Waals surface area contributed by atoms with Crippen LogP contribution in [0.25, 0.3) is 10.8 Å². The second-order valence-electron chi connectivity index (χ2n) is 5.59. The maximum Gasteiger partial charge on any atom is 0.275 e. The van der Waals surface area contributed by atoms with E-state index < -0.39 is 6.10 Å². The van der Waals surface area contributed by atoms with Crippen molar-refractivity contribution in [1.29, 1.82) is 0 Å². The summed E-state index contributed by atoms with van der Waals surface area (Å²) in [5, 5.41) is 15.6. The van der Waals surface area contributed by atoms with E-state index in [9.17, 15) is 9.90 Å². The summed E-state index contributed by atoms with van der Waals surface area (Å²) in [6.07, 6.45) is 0.864. The highest BCUT2D eigenvalue weighted by molar-refractivity contribution is 6.31. The molecule has 5 nitrogen and oxygen atoms in total. The molecule has 3 aromatic rings. The molecule has 1 unspecified atom stereocenters. The van der Waals surface area contributed by atoms with Crippen molar-refractivity contribution in [2.24, 2.45) is 0 Å². The van der Waals surface area contributed by atoms with Crippen LogP contribution in [-0.4, -0.2) is 22.0 Å². The third-order valence-corrected chi connectivity index (χ3v) is 4.13. The molecular weight excluding hydrogens is 328 g/mol. The zero-order valence-corrected chi connectivity index (χ0v) is 14.1. The lowest BCUT2D eigenvalue weighted by Crippen LogP contribution is -2.23. The van der Waals surface area contributed by atoms with Crippen molar-refractivity contribution >= 4 is 22.4 Å². The lowest BCUT2D eigenvalue weighted by Gasteiger charge is -2.12. The zero-order chi connectivity index (χ0) is 17.3. The van der Waals surface area contributed by atoms with Gasteiger partial charge in [-0.05, 0) is 42.3 Å². The van der Waals surface area contributed by atoms with Crippen LogP contribution >= 0.6 is 11.6 Å². The van der Waals surface area contributed by atoms with Crippen molar-refractivity contribution < 1.29 is 9.84 Å². The molecule has 1 N–H and O–H groups in total. The van der Waals surface area contributed by atoms with Crippen molar-refractivity contribution in [3.05, 3.63) is 69.1 Å². The number of nitrogens with zero attached hydrogens (tertiary/aromatic N) is 2. The van der Waals surface area contributed by atoms with E-state index in [0.29, 0.717) is 27.9 Å². The monoisotopic (exact) mass is 344 g/mol. The molecule has 124 valence electrons. The van der Waals surface area contributed by atoms with Gasteiger partial charge in [0.15, 0.2) is 0 Å². The van der Waals surface area contributed by atoms with E-state index >= 15 is 0 Å². The second kappa shape index (κ2) is 6.63. The smallest absolute Gasteiger partial charge is 0.275 e. The van der Waals surface area contributed by atoms with Crippen LogP contribution in [0.2, 0.25) is 5.02 Å². The van der Waals surface area contributed by atoms with Gasteiger partial charge in [-0.2, -0.15) is 5.10 Å². The van der Waals surface area contributed by atoms with Crippen LogP contribution in [0.1, 0.15) is 24.2 Å². The number of halogens is 1. The van der Waals surface area contributed by atoms with Crippen LogP contribution < -0.4 is 10.3 Å². The molecule has 0 saturated carbocycles. The van der Waals surface area contributed by atoms with E-state index in [1.165, 1.54) is 4.68 Å². The SMILES string of the molecule is COc1ccc(Cn2ncc3c(C(C)O)cc(Cl)cc3c2=O)cc1. The molecule has 0 fully saturated rings. The molecule has 2 aromatic carbocycles. The first-order chi connectivity index (χ1) is 11.5. The number of ether oxygens (including phenoxy) is 1. The van der Waals surface area contributed by atoms with Crippen LogP contribution in [0.4, 0.5) is 0 Å². The molecule has 0 bridgehead atoms. The Balaban J connectivity index is 2.06. The second-order valence-corrected chi connectivity index (χ2v) is 6.02. The maximum atomic E-state index is 12.7. The molecule has 0 radical (unpaired) electrons. The standard InChI is InChI=1S/C18H17ClN2O3/c1-11(22)15-7-13(19)8-16-17(15)9-20-21(18(16)23)10-12-3-5-14(24-2)6-4-12/h3-9,11,22H,10H2,1-2H3. The van der Waals surface area contributed by atoms with E-state index in [0.717, 1.165) is 11.3 Å². The Hall–Kier alpha value is -2.37. The normalized spacial score (nSPS) is 12.3. The van der Waals surface area contributed by atoms with Crippen LogP contribution in [0.15, 0.2) is 47.4 Å². The molecular formula is C18H17ClN2O3. The van der Waals surface area contributed by atoms with E-state index in [-0.39, 0.29) is 5.56 Å². The molecule has 3 rings (SSSR count). The molecule has 0 amide bonds. The summed E-state index contributed by atoms with van der Waals surface area (Å²) in [5.41, 5.74) is 1.29. The van der Waals surface area contributed by atoms with Crippen LogP contribution in [0.3, 0.4) is 0 Å². The Kier molecular flexibility index (Phi) is 4.55. The first-order valence-corrected chi connectivity index (χ1v) is 7.87. The number of aliphatic hydroxyl groups is 1. The molecule has 1 aromatic heterocycles. The number of rotatable bonds is 4. The van der Waals surface area contributed by atoms with E-state index in [1.54, 1.807) is 32.4 Å². The van der Waals surface area contributed by atoms with Gasteiger partial charge in [0.05, 0.1) is 31.3 Å². The number of aliphatic hydroxyl groups excluding tert-OH is 1. The summed E-state index contributed by atoms with van der Waals surface area (Å²) in [6.45, 7) is 1.98. The molecule has 0 saturated heterocycles. The van der Waals surface area contributed by atoms with E-state index in [4.69, 9.17) is 16.3 Å². The summed E-state index contributed by atoms with van der Waals surface area (Å²) in [6, 6.07) is 10.7. The Bertz CT molecular complexity index is 933. The summed E-state index contributed by atoms with van der Waals surface area (Å²) < 4.78 is 6.51. The van der Waals surface area contributed by atoms with Gasteiger partial charge in [-0.15, -0.1) is 0 Å². The minimum atomic E-state index is -0.732. The van der Waals surface area contributed by atoms with Crippen molar-refractivity contribution in [3.63, 3.8) is 0 Å². The Morgan fingerprint density at radius 2 is 1.96 bits per heavy atom. The molecule has 6 heteroatoms. The lowest BCUT2D eigenvalue weighted by atomic mass is 10.0. The molecule has 0 aliphatic heterocycles. The molecule has 1 heterocycles. The predicted molar refractivity (Wildman–Crippen MR) is 93.7 cm³/mol. The molecule has 0 aliphatic carbocycles. The Labute approximate surface area is 144 Å². The topological polar surface area (TPSA) is 64.3 Å². The minimum absolute atomic E-state index is 0.243. The molecule has 0 aliphatic rings. The molecule has 1 atom stereocenters. The third-order valence-electron chi connectivity index (χ3n) is 3.91. The van der Waals surface area contributed by atoms with Gasteiger partial charge in [0, 0.05) is 10.4 Å². The molecule has 0 spiro atoms. The number of hydrogen-bond acceptors (Lipinski definition) is 4. The first kappa shape index (κ1) is 16.5.